The molecule has 0 aromatic heterocycles. The van der Waals surface area contributed by atoms with Gasteiger partial charge in [-0.25, -0.2) is 0 Å². The first-order valence-corrected chi connectivity index (χ1v) is 10.1. The molecule has 2 aromatic rings. The van der Waals surface area contributed by atoms with Gasteiger partial charge in [-0.3, -0.25) is 9.59 Å². The smallest absolute Gasteiger partial charge is 0.227 e. The van der Waals surface area contributed by atoms with E-state index in [2.05, 4.69) is 29.7 Å². The molecule has 2 amide bonds. The third-order valence-electron chi connectivity index (χ3n) is 5.79. The minimum absolute atomic E-state index is 0.00898. The van der Waals surface area contributed by atoms with E-state index in [1.165, 1.54) is 5.56 Å². The molecule has 4 heteroatoms. The van der Waals surface area contributed by atoms with Crippen LogP contribution >= 0.6 is 0 Å². The average Bonchev–Trinajstić information content (AvgIpc) is 2.70. The van der Waals surface area contributed by atoms with Crippen LogP contribution < -0.4 is 10.6 Å². The maximum atomic E-state index is 12.7. The molecule has 1 fully saturated rings. The molecule has 1 aliphatic rings. The Kier molecular flexibility index (Phi) is 6.50. The molecule has 0 atom stereocenters. The molecule has 3 rings (SSSR count). The summed E-state index contributed by atoms with van der Waals surface area (Å²) < 4.78 is 0. The number of aryl methyl sites for hydroxylation is 3. The molecule has 2 N–H and O–H groups in total. The summed E-state index contributed by atoms with van der Waals surface area (Å²) in [4.78, 5) is 25.2. The Hall–Kier alpha value is -2.62. The van der Waals surface area contributed by atoms with Crippen LogP contribution in [0.1, 0.15) is 47.9 Å². The van der Waals surface area contributed by atoms with Gasteiger partial charge in [-0.2, -0.15) is 0 Å². The second kappa shape index (κ2) is 9.05. The molecule has 1 aliphatic carbocycles. The van der Waals surface area contributed by atoms with E-state index in [1.54, 1.807) is 0 Å². The van der Waals surface area contributed by atoms with E-state index in [4.69, 9.17) is 0 Å². The van der Waals surface area contributed by atoms with Crippen molar-refractivity contribution < 1.29 is 9.59 Å². The summed E-state index contributed by atoms with van der Waals surface area (Å²) in [6.45, 7) is 6.64. The molecule has 0 saturated heterocycles. The Morgan fingerprint density at radius 2 is 1.36 bits per heavy atom. The van der Waals surface area contributed by atoms with Gasteiger partial charge in [0.2, 0.25) is 11.8 Å². The van der Waals surface area contributed by atoms with E-state index in [9.17, 15) is 9.59 Å². The van der Waals surface area contributed by atoms with Crippen molar-refractivity contribution in [2.45, 2.75) is 53.0 Å². The van der Waals surface area contributed by atoms with Crippen LogP contribution in [0.25, 0.3) is 0 Å². The lowest BCUT2D eigenvalue weighted by atomic mass is 9.81. The van der Waals surface area contributed by atoms with Crippen LogP contribution in [-0.2, 0) is 16.1 Å². The molecule has 1 saturated carbocycles. The van der Waals surface area contributed by atoms with E-state index >= 15 is 0 Å². The van der Waals surface area contributed by atoms with E-state index in [1.807, 2.05) is 44.2 Å². The van der Waals surface area contributed by atoms with E-state index in [0.717, 1.165) is 48.1 Å². The summed E-state index contributed by atoms with van der Waals surface area (Å²) in [5.74, 6) is 0.181. The largest absolute Gasteiger partial charge is 0.352 e. The summed E-state index contributed by atoms with van der Waals surface area (Å²) >= 11 is 0. The zero-order valence-electron chi connectivity index (χ0n) is 17.0. The highest BCUT2D eigenvalue weighted by Crippen LogP contribution is 2.30. The SMILES string of the molecule is Cc1ccc(CNC(=O)C2CCC(C(=O)Nc3c(C)cccc3C)CC2)cc1. The number of rotatable bonds is 5. The highest BCUT2D eigenvalue weighted by Gasteiger charge is 2.30. The molecule has 0 heterocycles. The van der Waals surface area contributed by atoms with Crippen molar-refractivity contribution >= 4 is 17.5 Å². The molecule has 0 radical (unpaired) electrons. The summed E-state index contributed by atoms with van der Waals surface area (Å²) in [5, 5.41) is 6.15. The van der Waals surface area contributed by atoms with Gasteiger partial charge in [0.25, 0.3) is 0 Å². The maximum Gasteiger partial charge on any atom is 0.227 e. The van der Waals surface area contributed by atoms with Gasteiger partial charge in [-0.15, -0.1) is 0 Å². The highest BCUT2D eigenvalue weighted by atomic mass is 16.2. The van der Waals surface area contributed by atoms with Crippen LogP contribution in [0.3, 0.4) is 0 Å². The summed E-state index contributed by atoms with van der Waals surface area (Å²) in [6.07, 6.45) is 3.06. The maximum absolute atomic E-state index is 12.7. The molecule has 0 aliphatic heterocycles. The number of para-hydroxylation sites is 1. The second-order valence-electron chi connectivity index (χ2n) is 8.01. The predicted octanol–water partition coefficient (Wildman–Crippen LogP) is 4.67. The topological polar surface area (TPSA) is 58.2 Å². The summed E-state index contributed by atoms with van der Waals surface area (Å²) in [6, 6.07) is 14.2. The molecule has 148 valence electrons. The van der Waals surface area contributed by atoms with Gasteiger partial charge in [0.15, 0.2) is 0 Å². The number of carbonyl (C=O) groups excluding carboxylic acids is 2. The van der Waals surface area contributed by atoms with Gasteiger partial charge in [-0.1, -0.05) is 48.0 Å². The van der Waals surface area contributed by atoms with Crippen LogP contribution in [0.2, 0.25) is 0 Å². The first-order chi connectivity index (χ1) is 13.4. The van der Waals surface area contributed by atoms with Crippen LogP contribution in [-0.4, -0.2) is 11.8 Å². The van der Waals surface area contributed by atoms with Gasteiger partial charge in [0, 0.05) is 24.1 Å². The Bertz CT molecular complexity index is 814. The molecule has 28 heavy (non-hydrogen) atoms. The first kappa shape index (κ1) is 20.1. The zero-order valence-corrected chi connectivity index (χ0v) is 17.0. The van der Waals surface area contributed by atoms with Crippen molar-refractivity contribution in [1.82, 2.24) is 5.32 Å². The number of amides is 2. The number of hydrogen-bond donors (Lipinski definition) is 2. The Labute approximate surface area is 167 Å². The van der Waals surface area contributed by atoms with Crippen LogP contribution in [0, 0.1) is 32.6 Å². The summed E-state index contributed by atoms with van der Waals surface area (Å²) in [7, 11) is 0. The fourth-order valence-corrected chi connectivity index (χ4v) is 3.89. The predicted molar refractivity (Wildman–Crippen MR) is 113 cm³/mol. The molecule has 2 aromatic carbocycles. The van der Waals surface area contributed by atoms with Crippen molar-refractivity contribution in [3.8, 4) is 0 Å². The fraction of sp³-hybridized carbons (Fsp3) is 0.417. The third kappa shape index (κ3) is 5.00. The van der Waals surface area contributed by atoms with Gasteiger partial charge >= 0.3 is 0 Å². The van der Waals surface area contributed by atoms with E-state index in [0.29, 0.717) is 6.54 Å². The van der Waals surface area contributed by atoms with Crippen molar-refractivity contribution in [2.75, 3.05) is 5.32 Å². The number of benzene rings is 2. The third-order valence-corrected chi connectivity index (χ3v) is 5.79. The van der Waals surface area contributed by atoms with Crippen molar-refractivity contribution in [2.24, 2.45) is 11.8 Å². The minimum atomic E-state index is -0.0137. The zero-order chi connectivity index (χ0) is 20.1. The van der Waals surface area contributed by atoms with Crippen molar-refractivity contribution in [1.29, 1.82) is 0 Å². The van der Waals surface area contributed by atoms with Crippen molar-refractivity contribution in [3.05, 3.63) is 64.7 Å². The molecule has 4 nitrogen and oxygen atoms in total. The van der Waals surface area contributed by atoms with Gasteiger partial charge in [0.05, 0.1) is 0 Å². The molecule has 0 unspecified atom stereocenters. The normalized spacial score (nSPS) is 19.1. The van der Waals surface area contributed by atoms with E-state index < -0.39 is 0 Å². The number of nitrogens with one attached hydrogen (secondary N) is 2. The minimum Gasteiger partial charge on any atom is -0.352 e. The van der Waals surface area contributed by atoms with Crippen LogP contribution in [0.4, 0.5) is 5.69 Å². The van der Waals surface area contributed by atoms with Gasteiger partial charge in [-0.05, 0) is 63.1 Å². The van der Waals surface area contributed by atoms with Crippen LogP contribution in [0.15, 0.2) is 42.5 Å². The fourth-order valence-electron chi connectivity index (χ4n) is 3.89. The molecular weight excluding hydrogens is 348 g/mol. The monoisotopic (exact) mass is 378 g/mol. The lowest BCUT2D eigenvalue weighted by Crippen LogP contribution is -2.35. The Balaban J connectivity index is 1.47. The summed E-state index contributed by atoms with van der Waals surface area (Å²) in [5.41, 5.74) is 5.41. The molecule has 0 spiro atoms. The van der Waals surface area contributed by atoms with Crippen molar-refractivity contribution in [3.63, 3.8) is 0 Å². The lowest BCUT2D eigenvalue weighted by Gasteiger charge is -2.27. The number of hydrogen-bond acceptors (Lipinski definition) is 2. The first-order valence-electron chi connectivity index (χ1n) is 10.1. The molecule has 0 bridgehead atoms. The standard InChI is InChI=1S/C24H30N2O2/c1-16-7-9-19(10-8-16)15-25-23(27)20-11-13-21(14-12-20)24(28)26-22-17(2)5-4-6-18(22)3/h4-10,20-21H,11-15H2,1-3H3,(H,25,27)(H,26,28). The molecular formula is C24H30N2O2. The van der Waals surface area contributed by atoms with Crippen LogP contribution in [0.5, 0.6) is 0 Å². The quantitative estimate of drug-likeness (QED) is 0.794. The average molecular weight is 379 g/mol. The van der Waals surface area contributed by atoms with Gasteiger partial charge < -0.3 is 10.6 Å². The Morgan fingerprint density at radius 1 is 0.821 bits per heavy atom. The number of anilines is 1. The second-order valence-corrected chi connectivity index (χ2v) is 8.01. The van der Waals surface area contributed by atoms with E-state index in [-0.39, 0.29) is 23.7 Å². The highest BCUT2D eigenvalue weighted by molar-refractivity contribution is 5.94. The Morgan fingerprint density at radius 3 is 1.93 bits per heavy atom. The van der Waals surface area contributed by atoms with Gasteiger partial charge in [0.1, 0.15) is 0 Å². The lowest BCUT2D eigenvalue weighted by molar-refractivity contribution is -0.128. The number of carbonyl (C=O) groups is 2.